The highest BCUT2D eigenvalue weighted by Crippen LogP contribution is 2.44. The Kier molecular flexibility index (Phi) is 3.30. The molecule has 1 aromatic carbocycles. The van der Waals surface area contributed by atoms with Gasteiger partial charge in [-0.2, -0.15) is 0 Å². The Labute approximate surface area is 112 Å². The summed E-state index contributed by atoms with van der Waals surface area (Å²) in [4.78, 5) is 11.9. The maximum Gasteiger partial charge on any atom is 0.375 e. The van der Waals surface area contributed by atoms with E-state index in [2.05, 4.69) is 13.2 Å². The Morgan fingerprint density at radius 3 is 2.53 bits per heavy atom. The minimum Gasteiger partial charge on any atom is -0.490 e. The van der Waals surface area contributed by atoms with Crippen molar-refractivity contribution in [3.05, 3.63) is 72.0 Å². The van der Waals surface area contributed by atoms with Crippen LogP contribution in [0.5, 0.6) is 0 Å². The second kappa shape index (κ2) is 4.76. The van der Waals surface area contributed by atoms with Crippen LogP contribution in [0.3, 0.4) is 0 Å². The lowest BCUT2D eigenvalue weighted by atomic mass is 9.84. The maximum absolute atomic E-state index is 11.9. The third-order valence-corrected chi connectivity index (χ3v) is 3.28. The molecule has 1 atom stereocenters. The molecule has 0 unspecified atom stereocenters. The minimum absolute atomic E-state index is 0.191. The monoisotopic (exact) mass is 256 g/mol. The molecule has 0 aliphatic carbocycles. The van der Waals surface area contributed by atoms with Gasteiger partial charge in [0.1, 0.15) is 0 Å². The predicted octanol–water partition coefficient (Wildman–Crippen LogP) is 3.10. The first kappa shape index (κ1) is 13.1. The van der Waals surface area contributed by atoms with Gasteiger partial charge in [-0.3, -0.25) is 0 Å². The molecule has 1 aliphatic rings. The van der Waals surface area contributed by atoms with Crippen molar-refractivity contribution in [1.29, 1.82) is 0 Å². The molecule has 0 bridgehead atoms. The van der Waals surface area contributed by atoms with Crippen molar-refractivity contribution in [3.8, 4) is 0 Å². The van der Waals surface area contributed by atoms with Gasteiger partial charge in [-0.05, 0) is 18.1 Å². The minimum atomic E-state index is -0.894. The molecule has 1 heterocycles. The lowest BCUT2D eigenvalue weighted by molar-refractivity contribution is -0.148. The lowest BCUT2D eigenvalue weighted by Crippen LogP contribution is -2.25. The van der Waals surface area contributed by atoms with E-state index in [0.717, 1.165) is 5.56 Å². The van der Waals surface area contributed by atoms with Crippen molar-refractivity contribution >= 4 is 5.97 Å². The van der Waals surface area contributed by atoms with Crippen LogP contribution >= 0.6 is 0 Å². The van der Waals surface area contributed by atoms with Gasteiger partial charge in [-0.25, -0.2) is 4.79 Å². The Bertz CT molecular complexity index is 569. The van der Waals surface area contributed by atoms with Crippen molar-refractivity contribution in [2.45, 2.75) is 12.5 Å². The van der Waals surface area contributed by atoms with E-state index in [0.29, 0.717) is 11.1 Å². The first-order chi connectivity index (χ1) is 9.04. The number of cyclic esters (lactones) is 1. The number of hydrogen-bond acceptors (Lipinski definition) is 3. The highest BCUT2D eigenvalue weighted by Gasteiger charge is 2.47. The fraction of sp³-hybridized carbons (Fsp3) is 0.188. The van der Waals surface area contributed by atoms with Gasteiger partial charge in [-0.1, -0.05) is 49.6 Å². The van der Waals surface area contributed by atoms with Crippen LogP contribution in [-0.2, 0) is 19.9 Å². The Hall–Kier alpha value is -2.29. The predicted molar refractivity (Wildman–Crippen MR) is 73.3 cm³/mol. The largest absolute Gasteiger partial charge is 0.490 e. The molecule has 1 aromatic rings. The number of benzene rings is 1. The van der Waals surface area contributed by atoms with Crippen molar-refractivity contribution in [2.75, 3.05) is 7.11 Å². The topological polar surface area (TPSA) is 35.5 Å². The SMILES string of the molecule is C=CC(=C)C1=C(OC)C(=O)O[C@]1(C)c1ccccc1. The standard InChI is InChI=1S/C16H16O3/c1-5-11(2)13-14(18-4)15(17)19-16(13,3)12-9-7-6-8-10-12/h5-10H,1-2H2,3-4H3/t16-/m1/s1. The molecule has 0 fully saturated rings. The van der Waals surface area contributed by atoms with Gasteiger partial charge in [-0.15, -0.1) is 0 Å². The number of carbonyl (C=O) groups excluding carboxylic acids is 1. The van der Waals surface area contributed by atoms with Gasteiger partial charge >= 0.3 is 5.97 Å². The van der Waals surface area contributed by atoms with E-state index in [1.807, 2.05) is 37.3 Å². The molecule has 2 rings (SSSR count). The third kappa shape index (κ3) is 1.97. The van der Waals surface area contributed by atoms with Crippen LogP contribution in [0, 0.1) is 0 Å². The average Bonchev–Trinajstić information content (AvgIpc) is 2.70. The fourth-order valence-corrected chi connectivity index (χ4v) is 2.30. The van der Waals surface area contributed by atoms with E-state index in [4.69, 9.17) is 9.47 Å². The first-order valence-corrected chi connectivity index (χ1v) is 5.94. The highest BCUT2D eigenvalue weighted by molar-refractivity contribution is 5.92. The van der Waals surface area contributed by atoms with Gasteiger partial charge < -0.3 is 9.47 Å². The smallest absolute Gasteiger partial charge is 0.375 e. The molecule has 1 aliphatic heterocycles. The van der Waals surface area contributed by atoms with Crippen molar-refractivity contribution in [2.24, 2.45) is 0 Å². The average molecular weight is 256 g/mol. The van der Waals surface area contributed by atoms with Crippen LogP contribution in [-0.4, -0.2) is 13.1 Å². The number of carbonyl (C=O) groups is 1. The van der Waals surface area contributed by atoms with Gasteiger partial charge in [0.15, 0.2) is 5.60 Å². The number of allylic oxidation sites excluding steroid dienone is 1. The van der Waals surface area contributed by atoms with Gasteiger partial charge in [0.05, 0.1) is 12.7 Å². The second-order valence-corrected chi connectivity index (χ2v) is 4.43. The van der Waals surface area contributed by atoms with E-state index in [1.54, 1.807) is 6.08 Å². The Balaban J connectivity index is 2.64. The van der Waals surface area contributed by atoms with E-state index >= 15 is 0 Å². The van der Waals surface area contributed by atoms with E-state index in [9.17, 15) is 4.79 Å². The van der Waals surface area contributed by atoms with Gasteiger partial charge in [0, 0.05) is 0 Å². The summed E-state index contributed by atoms with van der Waals surface area (Å²) < 4.78 is 10.7. The van der Waals surface area contributed by atoms with Crippen LogP contribution in [0.25, 0.3) is 0 Å². The van der Waals surface area contributed by atoms with Gasteiger partial charge in [0.2, 0.25) is 5.76 Å². The normalized spacial score (nSPS) is 22.1. The zero-order valence-electron chi connectivity index (χ0n) is 11.1. The van der Waals surface area contributed by atoms with E-state index in [-0.39, 0.29) is 5.76 Å². The summed E-state index contributed by atoms with van der Waals surface area (Å²) in [5.41, 5.74) is 1.22. The molecule has 0 amide bonds. The summed E-state index contributed by atoms with van der Waals surface area (Å²) in [6.07, 6.45) is 1.59. The molecule has 0 saturated heterocycles. The first-order valence-electron chi connectivity index (χ1n) is 5.94. The van der Waals surface area contributed by atoms with Crippen molar-refractivity contribution < 1.29 is 14.3 Å². The van der Waals surface area contributed by atoms with Crippen molar-refractivity contribution in [3.63, 3.8) is 0 Å². The number of esters is 1. The van der Waals surface area contributed by atoms with Crippen molar-refractivity contribution in [1.82, 2.24) is 0 Å². The zero-order chi connectivity index (χ0) is 14.0. The van der Waals surface area contributed by atoms with Crippen LogP contribution in [0.15, 0.2) is 66.5 Å². The van der Waals surface area contributed by atoms with Crippen LogP contribution in [0.1, 0.15) is 12.5 Å². The molecule has 98 valence electrons. The van der Waals surface area contributed by atoms with E-state index in [1.165, 1.54) is 7.11 Å². The summed E-state index contributed by atoms with van der Waals surface area (Å²) in [7, 11) is 1.45. The summed E-state index contributed by atoms with van der Waals surface area (Å²) in [5.74, 6) is -0.289. The Morgan fingerprint density at radius 1 is 1.37 bits per heavy atom. The number of hydrogen-bond donors (Lipinski definition) is 0. The highest BCUT2D eigenvalue weighted by atomic mass is 16.6. The van der Waals surface area contributed by atoms with E-state index < -0.39 is 11.6 Å². The number of methoxy groups -OCH3 is 1. The number of rotatable bonds is 4. The molecular formula is C16H16O3. The summed E-state index contributed by atoms with van der Waals surface area (Å²) in [6, 6.07) is 9.51. The fourth-order valence-electron chi connectivity index (χ4n) is 2.30. The molecule has 0 radical (unpaired) electrons. The number of ether oxygens (including phenoxy) is 2. The summed E-state index contributed by atoms with van der Waals surface area (Å²) in [6.45, 7) is 9.45. The van der Waals surface area contributed by atoms with Crippen LogP contribution < -0.4 is 0 Å². The molecule has 3 heteroatoms. The molecule has 0 N–H and O–H groups in total. The van der Waals surface area contributed by atoms with Gasteiger partial charge in [0.25, 0.3) is 0 Å². The second-order valence-electron chi connectivity index (χ2n) is 4.43. The quantitative estimate of drug-likeness (QED) is 0.613. The van der Waals surface area contributed by atoms with Crippen LogP contribution in [0.2, 0.25) is 0 Å². The lowest BCUT2D eigenvalue weighted by Gasteiger charge is -2.27. The molecule has 3 nitrogen and oxygen atoms in total. The molecular weight excluding hydrogens is 240 g/mol. The summed E-state index contributed by atoms with van der Waals surface area (Å²) >= 11 is 0. The molecule has 0 aromatic heterocycles. The maximum atomic E-state index is 11.9. The zero-order valence-corrected chi connectivity index (χ0v) is 11.1. The Morgan fingerprint density at radius 2 is 2.00 bits per heavy atom. The molecule has 19 heavy (non-hydrogen) atoms. The molecule has 0 saturated carbocycles. The van der Waals surface area contributed by atoms with Crippen LogP contribution in [0.4, 0.5) is 0 Å². The molecule has 0 spiro atoms. The third-order valence-electron chi connectivity index (χ3n) is 3.28. The summed E-state index contributed by atoms with van der Waals surface area (Å²) in [5, 5.41) is 0.